The number of rotatable bonds is 4. The first-order valence-corrected chi connectivity index (χ1v) is 7.89. The highest BCUT2D eigenvalue weighted by Gasteiger charge is 2.13. The summed E-state index contributed by atoms with van der Waals surface area (Å²) in [6.07, 6.45) is 1.40. The van der Waals surface area contributed by atoms with Gasteiger partial charge in [0.15, 0.2) is 0 Å². The molecule has 0 aliphatic carbocycles. The highest BCUT2D eigenvalue weighted by Crippen LogP contribution is 2.11. The quantitative estimate of drug-likeness (QED) is 0.734. The second-order valence-electron chi connectivity index (χ2n) is 6.02. The Kier molecular flexibility index (Phi) is 4.61. The van der Waals surface area contributed by atoms with Crippen LogP contribution in [0, 0.1) is 12.7 Å². The first-order chi connectivity index (χ1) is 12.0. The van der Waals surface area contributed by atoms with E-state index in [9.17, 15) is 14.0 Å². The topological polar surface area (TPSA) is 55.2 Å². The number of halogens is 1. The average molecular weight is 339 g/mol. The summed E-state index contributed by atoms with van der Waals surface area (Å²) in [5.74, 6) is -0.540. The first-order valence-electron chi connectivity index (χ1n) is 7.89. The minimum Gasteiger partial charge on any atom is -0.340 e. The van der Waals surface area contributed by atoms with Gasteiger partial charge in [0.1, 0.15) is 12.4 Å². The Morgan fingerprint density at radius 1 is 1.20 bits per heavy atom. The summed E-state index contributed by atoms with van der Waals surface area (Å²) in [6, 6.07) is 11.4. The number of hydrogen-bond acceptors (Lipinski definition) is 3. The van der Waals surface area contributed by atoms with E-state index >= 15 is 0 Å². The molecule has 0 saturated carbocycles. The van der Waals surface area contributed by atoms with Crippen LogP contribution in [0.1, 0.15) is 11.1 Å². The number of carbonyl (C=O) groups is 1. The largest absolute Gasteiger partial charge is 0.340 e. The SMILES string of the molecule is Cc1cccc2c(=O)n(CC(=O)N(C)Cc3ccc(F)cc3)cnc12. The van der Waals surface area contributed by atoms with Crippen molar-refractivity contribution in [2.24, 2.45) is 0 Å². The Morgan fingerprint density at radius 3 is 2.64 bits per heavy atom. The monoisotopic (exact) mass is 339 g/mol. The van der Waals surface area contributed by atoms with Crippen molar-refractivity contribution in [3.8, 4) is 0 Å². The summed E-state index contributed by atoms with van der Waals surface area (Å²) in [7, 11) is 1.65. The number of nitrogens with zero attached hydrogens (tertiary/aromatic N) is 3. The van der Waals surface area contributed by atoms with E-state index in [0.29, 0.717) is 17.4 Å². The summed E-state index contributed by atoms with van der Waals surface area (Å²) < 4.78 is 14.3. The van der Waals surface area contributed by atoms with E-state index in [2.05, 4.69) is 4.98 Å². The molecular formula is C19H18FN3O2. The van der Waals surface area contributed by atoms with Gasteiger partial charge in [-0.15, -0.1) is 0 Å². The number of para-hydroxylation sites is 1. The van der Waals surface area contributed by atoms with Crippen LogP contribution in [0.25, 0.3) is 10.9 Å². The molecule has 0 atom stereocenters. The molecule has 0 radical (unpaired) electrons. The summed E-state index contributed by atoms with van der Waals surface area (Å²) in [5.41, 5.74) is 2.14. The molecule has 1 aromatic heterocycles. The van der Waals surface area contributed by atoms with Crippen molar-refractivity contribution in [1.29, 1.82) is 0 Å². The summed E-state index contributed by atoms with van der Waals surface area (Å²) in [6.45, 7) is 2.14. The number of aryl methyl sites for hydroxylation is 1. The van der Waals surface area contributed by atoms with Gasteiger partial charge in [0, 0.05) is 13.6 Å². The van der Waals surface area contributed by atoms with Gasteiger partial charge in [0.2, 0.25) is 5.91 Å². The second-order valence-corrected chi connectivity index (χ2v) is 6.02. The van der Waals surface area contributed by atoms with Crippen molar-refractivity contribution in [1.82, 2.24) is 14.5 Å². The van der Waals surface area contributed by atoms with Crippen LogP contribution in [0.2, 0.25) is 0 Å². The second kappa shape index (κ2) is 6.84. The van der Waals surface area contributed by atoms with Gasteiger partial charge in [-0.05, 0) is 36.2 Å². The van der Waals surface area contributed by atoms with Crippen LogP contribution in [0.5, 0.6) is 0 Å². The van der Waals surface area contributed by atoms with Gasteiger partial charge in [0.05, 0.1) is 17.2 Å². The minimum absolute atomic E-state index is 0.0899. The third-order valence-electron chi connectivity index (χ3n) is 4.12. The lowest BCUT2D eigenvalue weighted by molar-refractivity contribution is -0.131. The van der Waals surface area contributed by atoms with Crippen molar-refractivity contribution in [2.75, 3.05) is 7.05 Å². The first kappa shape index (κ1) is 16.8. The minimum atomic E-state index is -0.318. The maximum absolute atomic E-state index is 12.9. The van der Waals surface area contributed by atoms with Crippen LogP contribution in [-0.2, 0) is 17.9 Å². The lowest BCUT2D eigenvalue weighted by atomic mass is 10.1. The highest BCUT2D eigenvalue weighted by molar-refractivity contribution is 5.81. The summed E-state index contributed by atoms with van der Waals surface area (Å²) in [5, 5.41) is 0.497. The molecular weight excluding hydrogens is 321 g/mol. The third kappa shape index (κ3) is 3.57. The fraction of sp³-hybridized carbons (Fsp3) is 0.211. The van der Waals surface area contributed by atoms with Gasteiger partial charge in [-0.3, -0.25) is 14.2 Å². The smallest absolute Gasteiger partial charge is 0.261 e. The van der Waals surface area contributed by atoms with Gasteiger partial charge in [-0.1, -0.05) is 24.3 Å². The van der Waals surface area contributed by atoms with Crippen LogP contribution < -0.4 is 5.56 Å². The van der Waals surface area contributed by atoms with Crippen molar-refractivity contribution >= 4 is 16.8 Å². The number of carbonyl (C=O) groups excluding carboxylic acids is 1. The van der Waals surface area contributed by atoms with Gasteiger partial charge < -0.3 is 4.90 Å². The van der Waals surface area contributed by atoms with E-state index in [1.807, 2.05) is 13.0 Å². The summed E-state index contributed by atoms with van der Waals surface area (Å²) in [4.78, 5) is 30.7. The van der Waals surface area contributed by atoms with Gasteiger partial charge in [-0.2, -0.15) is 0 Å². The van der Waals surface area contributed by atoms with E-state index in [0.717, 1.165) is 11.1 Å². The Bertz CT molecular complexity index is 980. The Morgan fingerprint density at radius 2 is 1.92 bits per heavy atom. The standard InChI is InChI=1S/C19H18FN3O2/c1-13-4-3-5-16-18(13)21-12-23(19(16)25)11-17(24)22(2)10-14-6-8-15(20)9-7-14/h3-9,12H,10-11H2,1-2H3. The fourth-order valence-electron chi connectivity index (χ4n) is 2.67. The Hall–Kier alpha value is -3.02. The van der Waals surface area contributed by atoms with E-state index < -0.39 is 0 Å². The number of benzene rings is 2. The number of fused-ring (bicyclic) bond motifs is 1. The molecule has 0 unspecified atom stereocenters. The molecule has 0 fully saturated rings. The van der Waals surface area contributed by atoms with E-state index in [1.54, 1.807) is 31.3 Å². The van der Waals surface area contributed by atoms with Crippen molar-refractivity contribution in [3.05, 3.63) is 76.1 Å². The molecule has 0 spiro atoms. The molecule has 25 heavy (non-hydrogen) atoms. The predicted molar refractivity (Wildman–Crippen MR) is 93.6 cm³/mol. The molecule has 128 valence electrons. The average Bonchev–Trinajstić information content (AvgIpc) is 2.60. The Balaban J connectivity index is 1.78. The number of likely N-dealkylation sites (N-methyl/N-ethyl adjacent to an activating group) is 1. The molecule has 1 heterocycles. The molecule has 5 nitrogen and oxygen atoms in total. The fourth-order valence-corrected chi connectivity index (χ4v) is 2.67. The van der Waals surface area contributed by atoms with Crippen molar-refractivity contribution < 1.29 is 9.18 Å². The highest BCUT2D eigenvalue weighted by atomic mass is 19.1. The molecule has 0 N–H and O–H groups in total. The molecule has 0 aliphatic rings. The molecule has 0 bridgehead atoms. The lowest BCUT2D eigenvalue weighted by Crippen LogP contribution is -2.33. The van der Waals surface area contributed by atoms with Crippen LogP contribution >= 0.6 is 0 Å². The van der Waals surface area contributed by atoms with Crippen LogP contribution in [0.3, 0.4) is 0 Å². The van der Waals surface area contributed by atoms with Crippen LogP contribution in [-0.4, -0.2) is 27.4 Å². The number of hydrogen-bond donors (Lipinski definition) is 0. The lowest BCUT2D eigenvalue weighted by Gasteiger charge is -2.18. The molecule has 2 aromatic carbocycles. The van der Waals surface area contributed by atoms with Gasteiger partial charge >= 0.3 is 0 Å². The Labute approximate surface area is 144 Å². The van der Waals surface area contributed by atoms with Crippen molar-refractivity contribution in [2.45, 2.75) is 20.0 Å². The van der Waals surface area contributed by atoms with Crippen molar-refractivity contribution in [3.63, 3.8) is 0 Å². The predicted octanol–water partition coefficient (Wildman–Crippen LogP) is 2.50. The molecule has 0 saturated heterocycles. The van der Waals surface area contributed by atoms with E-state index in [4.69, 9.17) is 0 Å². The maximum Gasteiger partial charge on any atom is 0.261 e. The van der Waals surface area contributed by atoms with E-state index in [-0.39, 0.29) is 23.8 Å². The van der Waals surface area contributed by atoms with Gasteiger partial charge in [-0.25, -0.2) is 9.37 Å². The molecule has 3 aromatic rings. The van der Waals surface area contributed by atoms with E-state index in [1.165, 1.54) is 27.9 Å². The zero-order valence-corrected chi connectivity index (χ0v) is 14.1. The molecule has 6 heteroatoms. The van der Waals surface area contributed by atoms with Gasteiger partial charge in [0.25, 0.3) is 5.56 Å². The maximum atomic E-state index is 12.9. The summed E-state index contributed by atoms with van der Waals surface area (Å²) >= 11 is 0. The number of aromatic nitrogens is 2. The third-order valence-corrected chi connectivity index (χ3v) is 4.12. The number of amides is 1. The normalized spacial score (nSPS) is 10.8. The van der Waals surface area contributed by atoms with Crippen LogP contribution in [0.4, 0.5) is 4.39 Å². The molecule has 3 rings (SSSR count). The molecule has 0 aliphatic heterocycles. The zero-order valence-electron chi connectivity index (χ0n) is 14.1. The molecule has 1 amide bonds. The zero-order chi connectivity index (χ0) is 18.0. The van der Waals surface area contributed by atoms with Crippen LogP contribution in [0.15, 0.2) is 53.6 Å².